The smallest absolute Gasteiger partial charge is 0.341 e. The van der Waals surface area contributed by atoms with Crippen molar-refractivity contribution in [3.63, 3.8) is 0 Å². The van der Waals surface area contributed by atoms with E-state index in [9.17, 15) is 9.59 Å². The summed E-state index contributed by atoms with van der Waals surface area (Å²) in [5, 5.41) is 2.36. The van der Waals surface area contributed by atoms with Crippen molar-refractivity contribution in [3.05, 3.63) is 69.4 Å². The van der Waals surface area contributed by atoms with Gasteiger partial charge in [-0.25, -0.2) is 14.8 Å². The van der Waals surface area contributed by atoms with Crippen molar-refractivity contribution < 1.29 is 14.3 Å². The van der Waals surface area contributed by atoms with E-state index in [4.69, 9.17) is 16.3 Å². The number of amides is 1. The van der Waals surface area contributed by atoms with Crippen molar-refractivity contribution in [1.82, 2.24) is 9.97 Å². The van der Waals surface area contributed by atoms with Crippen LogP contribution in [0, 0.1) is 13.8 Å². The number of halogens is 1. The Kier molecular flexibility index (Phi) is 6.06. The molecule has 144 valence electrons. The lowest BCUT2D eigenvalue weighted by molar-refractivity contribution is -0.115. The van der Waals surface area contributed by atoms with E-state index in [2.05, 4.69) is 9.97 Å². The predicted molar refractivity (Wildman–Crippen MR) is 109 cm³/mol. The van der Waals surface area contributed by atoms with Gasteiger partial charge in [0.05, 0.1) is 16.9 Å². The second-order valence-corrected chi connectivity index (χ2v) is 7.36. The van der Waals surface area contributed by atoms with Gasteiger partial charge < -0.3 is 4.74 Å². The second kappa shape index (κ2) is 8.50. The van der Waals surface area contributed by atoms with E-state index in [1.807, 2.05) is 32.0 Å². The molecule has 0 unspecified atom stereocenters. The predicted octanol–water partition coefficient (Wildman–Crippen LogP) is 4.85. The average Bonchev–Trinajstić information content (AvgIpc) is 3.11. The molecule has 0 bridgehead atoms. The highest BCUT2D eigenvalue weighted by Gasteiger charge is 2.19. The Hall–Kier alpha value is -2.77. The maximum Gasteiger partial charge on any atom is 0.341 e. The molecule has 8 heteroatoms. The Labute approximate surface area is 171 Å². The van der Waals surface area contributed by atoms with E-state index in [0.717, 1.165) is 16.8 Å². The van der Waals surface area contributed by atoms with Crippen LogP contribution in [0.5, 0.6) is 0 Å². The molecule has 0 aliphatic heterocycles. The van der Waals surface area contributed by atoms with E-state index in [0.29, 0.717) is 10.8 Å². The first-order valence-electron chi connectivity index (χ1n) is 8.47. The van der Waals surface area contributed by atoms with Gasteiger partial charge in [-0.15, -0.1) is 11.3 Å². The maximum atomic E-state index is 12.2. The largest absolute Gasteiger partial charge is 0.455 e. The molecule has 2 aromatic heterocycles. The van der Waals surface area contributed by atoms with Gasteiger partial charge >= 0.3 is 5.97 Å². The van der Waals surface area contributed by atoms with Gasteiger partial charge in [0.2, 0.25) is 5.91 Å². The summed E-state index contributed by atoms with van der Waals surface area (Å²) < 4.78 is 5.27. The van der Waals surface area contributed by atoms with Crippen LogP contribution in [0.3, 0.4) is 0 Å². The van der Waals surface area contributed by atoms with Gasteiger partial charge in [0.25, 0.3) is 0 Å². The van der Waals surface area contributed by atoms with Crippen molar-refractivity contribution >= 4 is 45.6 Å². The molecule has 1 amide bonds. The first kappa shape index (κ1) is 20.0. The molecule has 2 heterocycles. The Morgan fingerprint density at radius 3 is 2.68 bits per heavy atom. The number of aryl methyl sites for hydroxylation is 2. The standard InChI is InChI=1S/C20H18ClN3O3S/c1-12-6-7-16(9-13(12)2)24(14(3)25)20-23-15(11-28-20)10-27-19(26)17-5-4-8-22-18(17)21/h4-9,11H,10H2,1-3H3. The normalized spacial score (nSPS) is 10.6. The summed E-state index contributed by atoms with van der Waals surface area (Å²) in [5.74, 6) is -0.728. The zero-order valence-corrected chi connectivity index (χ0v) is 17.2. The third-order valence-electron chi connectivity index (χ3n) is 4.12. The van der Waals surface area contributed by atoms with Crippen molar-refractivity contribution in [2.75, 3.05) is 4.90 Å². The molecule has 28 heavy (non-hydrogen) atoms. The highest BCUT2D eigenvalue weighted by Crippen LogP contribution is 2.30. The van der Waals surface area contributed by atoms with Gasteiger partial charge in [-0.2, -0.15) is 0 Å². The van der Waals surface area contributed by atoms with Crippen molar-refractivity contribution in [2.45, 2.75) is 27.4 Å². The van der Waals surface area contributed by atoms with Crippen molar-refractivity contribution in [3.8, 4) is 0 Å². The molecule has 0 atom stereocenters. The first-order valence-corrected chi connectivity index (χ1v) is 9.72. The summed E-state index contributed by atoms with van der Waals surface area (Å²) in [5.41, 5.74) is 3.72. The van der Waals surface area contributed by atoms with Crippen LogP contribution in [0.4, 0.5) is 10.8 Å². The van der Waals surface area contributed by atoms with Crippen LogP contribution in [0.1, 0.15) is 34.1 Å². The second-order valence-electron chi connectivity index (χ2n) is 6.16. The molecule has 3 aromatic rings. The molecule has 1 aromatic carbocycles. The molecule has 0 saturated heterocycles. The molecule has 0 spiro atoms. The highest BCUT2D eigenvalue weighted by molar-refractivity contribution is 7.14. The molecule has 0 aliphatic carbocycles. The summed E-state index contributed by atoms with van der Waals surface area (Å²) >= 11 is 7.21. The molecule has 6 nitrogen and oxygen atoms in total. The summed E-state index contributed by atoms with van der Waals surface area (Å²) in [6.45, 7) is 5.47. The van der Waals surface area contributed by atoms with Gasteiger partial charge in [-0.1, -0.05) is 17.7 Å². The minimum absolute atomic E-state index is 0.0285. The van der Waals surface area contributed by atoms with Crippen LogP contribution < -0.4 is 4.90 Å². The molecule has 0 fully saturated rings. The first-order chi connectivity index (χ1) is 13.4. The molecular formula is C20H18ClN3O3S. The number of rotatable bonds is 5. The molecule has 0 radical (unpaired) electrons. The van der Waals surface area contributed by atoms with Crippen LogP contribution in [0.15, 0.2) is 41.9 Å². The van der Waals surface area contributed by atoms with Crippen molar-refractivity contribution in [1.29, 1.82) is 0 Å². The molecule has 3 rings (SSSR count). The Morgan fingerprint density at radius 2 is 2.00 bits per heavy atom. The number of nitrogens with zero attached hydrogens (tertiary/aromatic N) is 3. The number of carbonyl (C=O) groups excluding carboxylic acids is 2. The lowest BCUT2D eigenvalue weighted by Crippen LogP contribution is -2.22. The number of esters is 1. The third kappa shape index (κ3) is 4.37. The summed E-state index contributed by atoms with van der Waals surface area (Å²) in [6, 6.07) is 8.95. The lowest BCUT2D eigenvalue weighted by atomic mass is 10.1. The molecule has 0 aliphatic rings. The molecule has 0 saturated carbocycles. The number of benzene rings is 1. The number of hydrogen-bond acceptors (Lipinski definition) is 6. The van der Waals surface area contributed by atoms with Crippen LogP contribution in [-0.4, -0.2) is 21.8 Å². The molecular weight excluding hydrogens is 398 g/mol. The number of aromatic nitrogens is 2. The molecule has 0 N–H and O–H groups in total. The van der Waals surface area contributed by atoms with E-state index < -0.39 is 5.97 Å². The fraction of sp³-hybridized carbons (Fsp3) is 0.200. The quantitative estimate of drug-likeness (QED) is 0.440. The average molecular weight is 416 g/mol. The maximum absolute atomic E-state index is 12.2. The van der Waals surface area contributed by atoms with Crippen LogP contribution in [-0.2, 0) is 16.1 Å². The summed E-state index contributed by atoms with van der Waals surface area (Å²) in [7, 11) is 0. The van der Waals surface area contributed by atoms with Gasteiger partial charge in [0.1, 0.15) is 11.8 Å². The number of carbonyl (C=O) groups is 2. The minimum atomic E-state index is -0.578. The number of ether oxygens (including phenoxy) is 1. The fourth-order valence-corrected chi connectivity index (χ4v) is 3.58. The summed E-state index contributed by atoms with van der Waals surface area (Å²) in [4.78, 5) is 34.2. The van der Waals surface area contributed by atoms with E-state index >= 15 is 0 Å². The number of thiazole rings is 1. The van der Waals surface area contributed by atoms with E-state index in [1.165, 1.54) is 24.5 Å². The van der Waals surface area contributed by atoms with Crippen LogP contribution >= 0.6 is 22.9 Å². The number of pyridine rings is 1. The zero-order chi connectivity index (χ0) is 20.3. The highest BCUT2D eigenvalue weighted by atomic mass is 35.5. The van der Waals surface area contributed by atoms with Crippen LogP contribution in [0.25, 0.3) is 0 Å². The van der Waals surface area contributed by atoms with Gasteiger partial charge in [-0.05, 0) is 49.2 Å². The third-order valence-corrected chi connectivity index (χ3v) is 5.30. The Morgan fingerprint density at radius 1 is 1.21 bits per heavy atom. The monoisotopic (exact) mass is 415 g/mol. The number of anilines is 2. The van der Waals surface area contributed by atoms with E-state index in [1.54, 1.807) is 22.4 Å². The van der Waals surface area contributed by atoms with Gasteiger partial charge in [-0.3, -0.25) is 9.69 Å². The van der Waals surface area contributed by atoms with E-state index in [-0.39, 0.29) is 23.2 Å². The summed E-state index contributed by atoms with van der Waals surface area (Å²) in [6.07, 6.45) is 1.49. The van der Waals surface area contributed by atoms with Gasteiger partial charge in [0, 0.05) is 18.5 Å². The Balaban J connectivity index is 1.76. The van der Waals surface area contributed by atoms with Crippen molar-refractivity contribution in [2.24, 2.45) is 0 Å². The van der Waals surface area contributed by atoms with Gasteiger partial charge in [0.15, 0.2) is 5.13 Å². The zero-order valence-electron chi connectivity index (χ0n) is 15.6. The fourth-order valence-electron chi connectivity index (χ4n) is 2.51. The Bertz CT molecular complexity index is 1040. The number of hydrogen-bond donors (Lipinski definition) is 0. The lowest BCUT2D eigenvalue weighted by Gasteiger charge is -2.19. The SMILES string of the molecule is CC(=O)N(c1ccc(C)c(C)c1)c1nc(COC(=O)c2cccnc2Cl)cs1. The van der Waals surface area contributed by atoms with Crippen LogP contribution in [0.2, 0.25) is 5.15 Å². The minimum Gasteiger partial charge on any atom is -0.455 e. The topological polar surface area (TPSA) is 72.4 Å².